The van der Waals surface area contributed by atoms with Crippen molar-refractivity contribution in [3.63, 3.8) is 0 Å². The molecule has 0 aliphatic carbocycles. The highest BCUT2D eigenvalue weighted by Crippen LogP contribution is 2.27. The van der Waals surface area contributed by atoms with Gasteiger partial charge in [-0.05, 0) is 24.2 Å². The van der Waals surface area contributed by atoms with Crippen LogP contribution >= 0.6 is 0 Å². The second-order valence-corrected chi connectivity index (χ2v) is 6.09. The Balaban J connectivity index is 1.61. The van der Waals surface area contributed by atoms with Crippen molar-refractivity contribution in [1.82, 2.24) is 20.4 Å². The van der Waals surface area contributed by atoms with Crippen molar-refractivity contribution in [1.29, 1.82) is 0 Å². The SMILES string of the molecule is CN1Cc2ccccc2C(NC(=O)c2cn[nH]c2-c2ccoc2)C1. The summed E-state index contributed by atoms with van der Waals surface area (Å²) >= 11 is 0. The van der Waals surface area contributed by atoms with E-state index in [1.165, 1.54) is 11.1 Å². The number of nitrogens with zero attached hydrogens (tertiary/aromatic N) is 2. The molecule has 122 valence electrons. The van der Waals surface area contributed by atoms with Gasteiger partial charge in [0, 0.05) is 18.7 Å². The predicted molar refractivity (Wildman–Crippen MR) is 89.3 cm³/mol. The van der Waals surface area contributed by atoms with Gasteiger partial charge in [-0.25, -0.2) is 0 Å². The van der Waals surface area contributed by atoms with Crippen molar-refractivity contribution in [3.8, 4) is 11.3 Å². The number of benzene rings is 1. The summed E-state index contributed by atoms with van der Waals surface area (Å²) in [4.78, 5) is 15.0. The molecule has 0 saturated heterocycles. The molecule has 3 heterocycles. The van der Waals surface area contributed by atoms with E-state index in [0.29, 0.717) is 11.3 Å². The molecular formula is C18H18N4O2. The lowest BCUT2D eigenvalue weighted by Gasteiger charge is -2.32. The van der Waals surface area contributed by atoms with Crippen LogP contribution in [-0.2, 0) is 6.54 Å². The minimum Gasteiger partial charge on any atom is -0.472 e. The predicted octanol–water partition coefficient (Wildman–Crippen LogP) is 2.59. The molecule has 0 bridgehead atoms. The van der Waals surface area contributed by atoms with Crippen LogP contribution in [0.1, 0.15) is 27.5 Å². The molecule has 1 aromatic carbocycles. The average Bonchev–Trinajstić information content (AvgIpc) is 3.25. The zero-order valence-corrected chi connectivity index (χ0v) is 13.3. The van der Waals surface area contributed by atoms with Gasteiger partial charge in [-0.2, -0.15) is 5.10 Å². The second kappa shape index (κ2) is 5.98. The molecular weight excluding hydrogens is 304 g/mol. The van der Waals surface area contributed by atoms with E-state index in [2.05, 4.69) is 39.6 Å². The minimum absolute atomic E-state index is 0.0421. The van der Waals surface area contributed by atoms with E-state index >= 15 is 0 Å². The third-order valence-corrected chi connectivity index (χ3v) is 4.36. The quantitative estimate of drug-likeness (QED) is 0.777. The maximum Gasteiger partial charge on any atom is 0.255 e. The lowest BCUT2D eigenvalue weighted by Crippen LogP contribution is -2.40. The van der Waals surface area contributed by atoms with Gasteiger partial charge >= 0.3 is 0 Å². The fraction of sp³-hybridized carbons (Fsp3) is 0.222. The number of furan rings is 1. The van der Waals surface area contributed by atoms with Gasteiger partial charge in [-0.1, -0.05) is 24.3 Å². The van der Waals surface area contributed by atoms with Crippen molar-refractivity contribution < 1.29 is 9.21 Å². The van der Waals surface area contributed by atoms with E-state index in [0.717, 1.165) is 18.7 Å². The van der Waals surface area contributed by atoms with Gasteiger partial charge in [0.25, 0.3) is 5.91 Å². The molecule has 1 aliphatic rings. The fourth-order valence-electron chi connectivity index (χ4n) is 3.23. The zero-order chi connectivity index (χ0) is 16.5. The van der Waals surface area contributed by atoms with Gasteiger partial charge in [0.15, 0.2) is 0 Å². The van der Waals surface area contributed by atoms with Crippen LogP contribution in [0, 0.1) is 0 Å². The molecule has 0 fully saturated rings. The number of hydrogen-bond donors (Lipinski definition) is 2. The number of H-pyrrole nitrogens is 1. The number of likely N-dealkylation sites (N-methyl/N-ethyl adjacent to an activating group) is 1. The third kappa shape index (κ3) is 2.61. The fourth-order valence-corrected chi connectivity index (χ4v) is 3.23. The Morgan fingerprint density at radius 3 is 3.08 bits per heavy atom. The number of rotatable bonds is 3. The highest BCUT2D eigenvalue weighted by atomic mass is 16.3. The van der Waals surface area contributed by atoms with Gasteiger partial charge in [0.1, 0.15) is 0 Å². The molecule has 1 amide bonds. The topological polar surface area (TPSA) is 74.2 Å². The Bertz CT molecular complexity index is 854. The van der Waals surface area contributed by atoms with Gasteiger partial charge in [0.05, 0.1) is 36.0 Å². The minimum atomic E-state index is -0.143. The number of fused-ring (bicyclic) bond motifs is 1. The van der Waals surface area contributed by atoms with Crippen LogP contribution in [-0.4, -0.2) is 34.6 Å². The smallest absolute Gasteiger partial charge is 0.255 e. The van der Waals surface area contributed by atoms with E-state index in [1.807, 2.05) is 12.1 Å². The normalized spacial score (nSPS) is 17.5. The number of nitrogens with one attached hydrogen (secondary N) is 2. The summed E-state index contributed by atoms with van der Waals surface area (Å²) in [6.07, 6.45) is 4.72. The molecule has 2 N–H and O–H groups in total. The lowest BCUT2D eigenvalue weighted by atomic mass is 9.95. The first kappa shape index (κ1) is 14.7. The molecule has 4 rings (SSSR count). The maximum atomic E-state index is 12.8. The molecule has 1 aliphatic heterocycles. The van der Waals surface area contributed by atoms with Crippen LogP contribution < -0.4 is 5.32 Å². The lowest BCUT2D eigenvalue weighted by molar-refractivity contribution is 0.0922. The highest BCUT2D eigenvalue weighted by Gasteiger charge is 2.26. The molecule has 3 aromatic rings. The van der Waals surface area contributed by atoms with E-state index in [-0.39, 0.29) is 11.9 Å². The largest absolute Gasteiger partial charge is 0.472 e. The molecule has 6 nitrogen and oxygen atoms in total. The van der Waals surface area contributed by atoms with Crippen LogP contribution in [0.25, 0.3) is 11.3 Å². The van der Waals surface area contributed by atoms with Crippen LogP contribution in [0.5, 0.6) is 0 Å². The Labute approximate surface area is 139 Å². The van der Waals surface area contributed by atoms with E-state index in [4.69, 9.17) is 4.42 Å². The zero-order valence-electron chi connectivity index (χ0n) is 13.3. The van der Waals surface area contributed by atoms with Crippen molar-refractivity contribution >= 4 is 5.91 Å². The first-order valence-corrected chi connectivity index (χ1v) is 7.85. The van der Waals surface area contributed by atoms with Crippen LogP contribution in [0.15, 0.2) is 53.5 Å². The summed E-state index contributed by atoms with van der Waals surface area (Å²) in [6, 6.07) is 9.99. The third-order valence-electron chi connectivity index (χ3n) is 4.36. The number of carbonyl (C=O) groups excluding carboxylic acids is 1. The summed E-state index contributed by atoms with van der Waals surface area (Å²) in [5.41, 5.74) is 4.41. The second-order valence-electron chi connectivity index (χ2n) is 6.09. The molecule has 1 atom stereocenters. The number of aromatic amines is 1. The Kier molecular flexibility index (Phi) is 3.66. The van der Waals surface area contributed by atoms with Crippen LogP contribution in [0.2, 0.25) is 0 Å². The van der Waals surface area contributed by atoms with Gasteiger partial charge < -0.3 is 9.73 Å². The van der Waals surface area contributed by atoms with Crippen LogP contribution in [0.4, 0.5) is 0 Å². The number of aromatic nitrogens is 2. The first-order valence-electron chi connectivity index (χ1n) is 7.85. The first-order chi connectivity index (χ1) is 11.7. The van der Waals surface area contributed by atoms with Gasteiger partial charge in [-0.3, -0.25) is 14.8 Å². The van der Waals surface area contributed by atoms with Gasteiger partial charge in [0.2, 0.25) is 0 Å². The Hall–Kier alpha value is -2.86. The standard InChI is InChI=1S/C18H18N4O2/c1-22-9-12-4-2-3-5-14(12)16(10-22)20-18(23)15-8-19-21-17(15)13-6-7-24-11-13/h2-8,11,16H,9-10H2,1H3,(H,19,21)(H,20,23). The van der Waals surface area contributed by atoms with E-state index in [9.17, 15) is 4.79 Å². The molecule has 2 aromatic heterocycles. The summed E-state index contributed by atoms with van der Waals surface area (Å²) in [6.45, 7) is 1.68. The molecule has 0 radical (unpaired) electrons. The molecule has 0 saturated carbocycles. The van der Waals surface area contributed by atoms with Crippen molar-refractivity contribution in [3.05, 3.63) is 65.7 Å². The van der Waals surface area contributed by atoms with Crippen molar-refractivity contribution in [2.45, 2.75) is 12.6 Å². The Morgan fingerprint density at radius 1 is 1.38 bits per heavy atom. The maximum absolute atomic E-state index is 12.8. The molecule has 1 unspecified atom stereocenters. The summed E-state index contributed by atoms with van der Waals surface area (Å²) < 4.78 is 5.10. The van der Waals surface area contributed by atoms with Crippen molar-refractivity contribution in [2.24, 2.45) is 0 Å². The number of amides is 1. The van der Waals surface area contributed by atoms with E-state index < -0.39 is 0 Å². The summed E-state index contributed by atoms with van der Waals surface area (Å²) in [5, 5.41) is 10.0. The summed E-state index contributed by atoms with van der Waals surface area (Å²) in [7, 11) is 2.06. The van der Waals surface area contributed by atoms with Crippen molar-refractivity contribution in [2.75, 3.05) is 13.6 Å². The average molecular weight is 322 g/mol. The van der Waals surface area contributed by atoms with Crippen LogP contribution in [0.3, 0.4) is 0 Å². The van der Waals surface area contributed by atoms with Gasteiger partial charge in [-0.15, -0.1) is 0 Å². The molecule has 0 spiro atoms. The van der Waals surface area contributed by atoms with E-state index in [1.54, 1.807) is 24.8 Å². The highest BCUT2D eigenvalue weighted by molar-refractivity contribution is 5.99. The monoisotopic (exact) mass is 322 g/mol. The number of carbonyl (C=O) groups is 1. The molecule has 24 heavy (non-hydrogen) atoms. The number of hydrogen-bond acceptors (Lipinski definition) is 4. The summed E-state index contributed by atoms with van der Waals surface area (Å²) in [5.74, 6) is -0.143. The Morgan fingerprint density at radius 2 is 2.25 bits per heavy atom. The molecule has 6 heteroatoms.